The van der Waals surface area contributed by atoms with Crippen LogP contribution in [0.4, 0.5) is 10.1 Å². The summed E-state index contributed by atoms with van der Waals surface area (Å²) in [6, 6.07) is 3.52. The third kappa shape index (κ3) is 3.14. The number of hydrogen-bond donors (Lipinski definition) is 1. The molecule has 110 valence electrons. The first-order chi connectivity index (χ1) is 9.54. The first-order valence-electron chi connectivity index (χ1n) is 7.85. The molecule has 2 aliphatic carbocycles. The van der Waals surface area contributed by atoms with Crippen molar-refractivity contribution in [2.75, 3.05) is 18.0 Å². The molecule has 0 aromatic heterocycles. The van der Waals surface area contributed by atoms with Gasteiger partial charge in [-0.05, 0) is 74.6 Å². The second-order valence-electron chi connectivity index (χ2n) is 6.74. The van der Waals surface area contributed by atoms with Gasteiger partial charge in [-0.25, -0.2) is 4.39 Å². The lowest BCUT2D eigenvalue weighted by Gasteiger charge is -2.29. The number of aryl methyl sites for hydroxylation is 1. The SMILES string of the molecule is Cc1cc(N(CC2CC2)CC2CC2)c([C@H](C)N)cc1F. The number of anilines is 1. The molecule has 2 fully saturated rings. The molecule has 1 atom stereocenters. The summed E-state index contributed by atoms with van der Waals surface area (Å²) in [5.41, 5.74) is 8.91. The van der Waals surface area contributed by atoms with Crippen molar-refractivity contribution in [3.05, 3.63) is 29.1 Å². The van der Waals surface area contributed by atoms with Gasteiger partial charge in [0.1, 0.15) is 5.82 Å². The summed E-state index contributed by atoms with van der Waals surface area (Å²) in [7, 11) is 0. The lowest BCUT2D eigenvalue weighted by atomic mass is 10.0. The average Bonchev–Trinajstić information content (AvgIpc) is 3.26. The highest BCUT2D eigenvalue weighted by Crippen LogP contribution is 2.38. The molecule has 0 unspecified atom stereocenters. The molecular formula is C17H25FN2. The standard InChI is InChI=1S/C17H25FN2/c1-11-7-17(15(12(2)19)8-16(11)18)20(9-13-3-4-13)10-14-5-6-14/h7-8,12-14H,3-6,9-10,19H2,1-2H3/t12-/m0/s1. The van der Waals surface area contributed by atoms with Gasteiger partial charge in [0.15, 0.2) is 0 Å². The van der Waals surface area contributed by atoms with Crippen LogP contribution in [0, 0.1) is 24.6 Å². The van der Waals surface area contributed by atoms with Crippen LogP contribution in [0.15, 0.2) is 12.1 Å². The van der Waals surface area contributed by atoms with Crippen LogP contribution in [0.2, 0.25) is 0 Å². The quantitative estimate of drug-likeness (QED) is 0.856. The van der Waals surface area contributed by atoms with Crippen LogP contribution in [-0.4, -0.2) is 13.1 Å². The molecule has 0 bridgehead atoms. The van der Waals surface area contributed by atoms with E-state index in [1.54, 1.807) is 6.07 Å². The molecule has 3 rings (SSSR count). The molecule has 1 aromatic carbocycles. The molecule has 2 aliphatic rings. The van der Waals surface area contributed by atoms with E-state index in [1.807, 2.05) is 19.9 Å². The summed E-state index contributed by atoms with van der Waals surface area (Å²) in [5, 5.41) is 0. The molecule has 2 N–H and O–H groups in total. The first kappa shape index (κ1) is 13.9. The Hall–Kier alpha value is -1.09. The topological polar surface area (TPSA) is 29.3 Å². The second kappa shape index (κ2) is 5.36. The van der Waals surface area contributed by atoms with Crippen LogP contribution in [0.1, 0.15) is 49.8 Å². The van der Waals surface area contributed by atoms with Gasteiger partial charge in [-0.3, -0.25) is 0 Å². The number of halogens is 1. The Labute approximate surface area is 121 Å². The normalized spacial score (nSPS) is 20.0. The van der Waals surface area contributed by atoms with Gasteiger partial charge in [0, 0.05) is 24.8 Å². The highest BCUT2D eigenvalue weighted by molar-refractivity contribution is 5.57. The Balaban J connectivity index is 1.91. The van der Waals surface area contributed by atoms with Gasteiger partial charge in [-0.15, -0.1) is 0 Å². The molecule has 0 amide bonds. The Morgan fingerprint density at radius 2 is 1.75 bits per heavy atom. The van der Waals surface area contributed by atoms with Crippen LogP contribution in [0.3, 0.4) is 0 Å². The van der Waals surface area contributed by atoms with E-state index in [-0.39, 0.29) is 11.9 Å². The van der Waals surface area contributed by atoms with Gasteiger partial charge in [0.2, 0.25) is 0 Å². The van der Waals surface area contributed by atoms with E-state index >= 15 is 0 Å². The Morgan fingerprint density at radius 3 is 2.20 bits per heavy atom. The highest BCUT2D eigenvalue weighted by Gasteiger charge is 2.30. The minimum Gasteiger partial charge on any atom is -0.371 e. The van der Waals surface area contributed by atoms with Crippen LogP contribution in [0.25, 0.3) is 0 Å². The van der Waals surface area contributed by atoms with Gasteiger partial charge in [-0.1, -0.05) is 0 Å². The van der Waals surface area contributed by atoms with Crippen molar-refractivity contribution in [1.29, 1.82) is 0 Å². The molecule has 0 spiro atoms. The van der Waals surface area contributed by atoms with E-state index in [2.05, 4.69) is 4.90 Å². The van der Waals surface area contributed by atoms with Crippen LogP contribution in [-0.2, 0) is 0 Å². The van der Waals surface area contributed by atoms with Crippen LogP contribution in [0.5, 0.6) is 0 Å². The Bertz CT molecular complexity index is 476. The predicted molar refractivity (Wildman–Crippen MR) is 81.4 cm³/mol. The highest BCUT2D eigenvalue weighted by atomic mass is 19.1. The average molecular weight is 276 g/mol. The fourth-order valence-corrected chi connectivity index (χ4v) is 2.82. The number of benzene rings is 1. The zero-order valence-corrected chi connectivity index (χ0v) is 12.5. The lowest BCUT2D eigenvalue weighted by molar-refractivity contribution is 0.609. The number of nitrogens with two attached hydrogens (primary N) is 1. The van der Waals surface area contributed by atoms with Crippen molar-refractivity contribution in [3.63, 3.8) is 0 Å². The fourth-order valence-electron chi connectivity index (χ4n) is 2.82. The number of nitrogens with zero attached hydrogens (tertiary/aromatic N) is 1. The van der Waals surface area contributed by atoms with E-state index in [0.717, 1.165) is 41.7 Å². The smallest absolute Gasteiger partial charge is 0.126 e. The molecule has 0 saturated heterocycles. The number of rotatable bonds is 6. The largest absolute Gasteiger partial charge is 0.371 e. The van der Waals surface area contributed by atoms with Gasteiger partial charge in [0.25, 0.3) is 0 Å². The number of hydrogen-bond acceptors (Lipinski definition) is 2. The van der Waals surface area contributed by atoms with Gasteiger partial charge < -0.3 is 10.6 Å². The summed E-state index contributed by atoms with van der Waals surface area (Å²) in [5.74, 6) is 1.53. The molecule has 0 heterocycles. The molecule has 20 heavy (non-hydrogen) atoms. The maximum absolute atomic E-state index is 13.9. The van der Waals surface area contributed by atoms with Crippen molar-refractivity contribution >= 4 is 5.69 Å². The summed E-state index contributed by atoms with van der Waals surface area (Å²) in [6.45, 7) is 6.01. The van der Waals surface area contributed by atoms with Crippen LogP contribution >= 0.6 is 0 Å². The molecular weight excluding hydrogens is 251 g/mol. The van der Waals surface area contributed by atoms with Gasteiger partial charge >= 0.3 is 0 Å². The zero-order chi connectivity index (χ0) is 14.3. The minimum absolute atomic E-state index is 0.124. The molecule has 2 nitrogen and oxygen atoms in total. The zero-order valence-electron chi connectivity index (χ0n) is 12.5. The lowest BCUT2D eigenvalue weighted by Crippen LogP contribution is -2.30. The van der Waals surface area contributed by atoms with E-state index < -0.39 is 0 Å². The van der Waals surface area contributed by atoms with Gasteiger partial charge in [0.05, 0.1) is 0 Å². The summed E-state index contributed by atoms with van der Waals surface area (Å²) in [6.07, 6.45) is 5.37. The first-order valence-corrected chi connectivity index (χ1v) is 7.85. The second-order valence-corrected chi connectivity index (χ2v) is 6.74. The predicted octanol–water partition coefficient (Wildman–Crippen LogP) is 3.78. The van der Waals surface area contributed by atoms with Crippen molar-refractivity contribution in [1.82, 2.24) is 0 Å². The maximum Gasteiger partial charge on any atom is 0.126 e. The van der Waals surface area contributed by atoms with E-state index in [4.69, 9.17) is 5.73 Å². The summed E-state index contributed by atoms with van der Waals surface area (Å²) >= 11 is 0. The van der Waals surface area contributed by atoms with Crippen molar-refractivity contribution in [3.8, 4) is 0 Å². The van der Waals surface area contributed by atoms with Crippen molar-refractivity contribution < 1.29 is 4.39 Å². The Morgan fingerprint density at radius 1 is 1.20 bits per heavy atom. The van der Waals surface area contributed by atoms with E-state index in [0.29, 0.717) is 0 Å². The Kier molecular flexibility index (Phi) is 3.72. The fraction of sp³-hybridized carbons (Fsp3) is 0.647. The van der Waals surface area contributed by atoms with E-state index in [1.165, 1.54) is 25.7 Å². The van der Waals surface area contributed by atoms with Crippen molar-refractivity contribution in [2.45, 2.75) is 45.6 Å². The summed E-state index contributed by atoms with van der Waals surface area (Å²) in [4.78, 5) is 2.47. The molecule has 3 heteroatoms. The third-order valence-corrected chi connectivity index (χ3v) is 4.49. The maximum atomic E-state index is 13.9. The van der Waals surface area contributed by atoms with Crippen molar-refractivity contribution in [2.24, 2.45) is 17.6 Å². The molecule has 0 radical (unpaired) electrons. The molecule has 0 aliphatic heterocycles. The minimum atomic E-state index is -0.140. The summed E-state index contributed by atoms with van der Waals surface area (Å²) < 4.78 is 13.9. The van der Waals surface area contributed by atoms with Crippen LogP contribution < -0.4 is 10.6 Å². The monoisotopic (exact) mass is 276 g/mol. The molecule has 1 aromatic rings. The third-order valence-electron chi connectivity index (χ3n) is 4.49. The molecule has 2 saturated carbocycles. The van der Waals surface area contributed by atoms with Gasteiger partial charge in [-0.2, -0.15) is 0 Å². The van der Waals surface area contributed by atoms with E-state index in [9.17, 15) is 4.39 Å².